The van der Waals surface area contributed by atoms with Crippen molar-refractivity contribution < 1.29 is 0 Å². The average molecular weight is 216 g/mol. The van der Waals surface area contributed by atoms with E-state index in [0.29, 0.717) is 0 Å². The zero-order chi connectivity index (χ0) is 10.7. The van der Waals surface area contributed by atoms with Crippen LogP contribution in [0.15, 0.2) is 52.5 Å². The van der Waals surface area contributed by atoms with E-state index in [-0.39, 0.29) is 0 Å². The summed E-state index contributed by atoms with van der Waals surface area (Å²) >= 11 is 1.59. The molecule has 0 saturated heterocycles. The highest BCUT2D eigenvalue weighted by Gasteiger charge is 2.02. The van der Waals surface area contributed by atoms with Crippen LogP contribution in [-0.4, -0.2) is 4.98 Å². The molecule has 1 aromatic heterocycles. The Morgan fingerprint density at radius 3 is 2.60 bits per heavy atom. The van der Waals surface area contributed by atoms with Crippen LogP contribution in [0, 0.1) is 6.92 Å². The zero-order valence-electron chi connectivity index (χ0n) is 8.47. The molecule has 0 radical (unpaired) electrons. The summed E-state index contributed by atoms with van der Waals surface area (Å²) in [4.78, 5) is 5.46. The number of anilines is 1. The fraction of sp³-hybridized carbons (Fsp3) is 0.0833. The number of rotatable bonds is 2. The maximum absolute atomic E-state index is 5.89. The van der Waals surface area contributed by atoms with Crippen LogP contribution in [0.5, 0.6) is 0 Å². The number of hydrogen-bond acceptors (Lipinski definition) is 3. The molecule has 2 rings (SSSR count). The second-order valence-electron chi connectivity index (χ2n) is 3.32. The normalized spacial score (nSPS) is 10.2. The van der Waals surface area contributed by atoms with Gasteiger partial charge in [0.1, 0.15) is 5.03 Å². The molecule has 0 aliphatic carbocycles. The molecule has 0 spiro atoms. The van der Waals surface area contributed by atoms with Crippen molar-refractivity contribution in [2.45, 2.75) is 16.8 Å². The number of aromatic nitrogens is 1. The van der Waals surface area contributed by atoms with Gasteiger partial charge in [-0.25, -0.2) is 4.98 Å². The van der Waals surface area contributed by atoms with Gasteiger partial charge in [0.2, 0.25) is 0 Å². The van der Waals surface area contributed by atoms with Gasteiger partial charge in [0, 0.05) is 11.1 Å². The van der Waals surface area contributed by atoms with Gasteiger partial charge >= 0.3 is 0 Å². The maximum Gasteiger partial charge on any atom is 0.124 e. The molecule has 15 heavy (non-hydrogen) atoms. The first kappa shape index (κ1) is 10.1. The molecule has 1 heterocycles. The van der Waals surface area contributed by atoms with Crippen molar-refractivity contribution in [3.8, 4) is 0 Å². The van der Waals surface area contributed by atoms with E-state index in [1.807, 2.05) is 49.5 Å². The fourth-order valence-corrected chi connectivity index (χ4v) is 2.06. The lowest BCUT2D eigenvalue weighted by Gasteiger charge is -2.04. The molecule has 0 amide bonds. The van der Waals surface area contributed by atoms with E-state index >= 15 is 0 Å². The van der Waals surface area contributed by atoms with E-state index in [1.165, 1.54) is 0 Å². The van der Waals surface area contributed by atoms with Gasteiger partial charge < -0.3 is 5.73 Å². The van der Waals surface area contributed by atoms with Crippen molar-refractivity contribution in [2.24, 2.45) is 0 Å². The predicted molar refractivity (Wildman–Crippen MR) is 64.0 cm³/mol. The Bertz CT molecular complexity index is 454. The Morgan fingerprint density at radius 1 is 1.20 bits per heavy atom. The van der Waals surface area contributed by atoms with Gasteiger partial charge in [-0.3, -0.25) is 0 Å². The summed E-state index contributed by atoms with van der Waals surface area (Å²) in [6, 6.07) is 12.0. The lowest BCUT2D eigenvalue weighted by Crippen LogP contribution is -1.92. The SMILES string of the molecule is Cc1cnc(Sc2ccccc2)c(N)c1. The third-order valence-corrected chi connectivity index (χ3v) is 3.02. The van der Waals surface area contributed by atoms with Gasteiger partial charge in [-0.05, 0) is 30.7 Å². The molecule has 3 heteroatoms. The van der Waals surface area contributed by atoms with Crippen LogP contribution >= 0.6 is 11.8 Å². The van der Waals surface area contributed by atoms with Crippen molar-refractivity contribution in [3.05, 3.63) is 48.2 Å². The summed E-state index contributed by atoms with van der Waals surface area (Å²) in [7, 11) is 0. The van der Waals surface area contributed by atoms with Crippen molar-refractivity contribution in [1.82, 2.24) is 4.98 Å². The first-order valence-electron chi connectivity index (χ1n) is 4.71. The topological polar surface area (TPSA) is 38.9 Å². The number of nitrogens with zero attached hydrogens (tertiary/aromatic N) is 1. The average Bonchev–Trinajstić information content (AvgIpc) is 2.24. The summed E-state index contributed by atoms with van der Waals surface area (Å²) in [5, 5.41) is 0.867. The molecule has 0 saturated carbocycles. The summed E-state index contributed by atoms with van der Waals surface area (Å²) in [6.07, 6.45) is 1.83. The highest BCUT2D eigenvalue weighted by atomic mass is 32.2. The van der Waals surface area contributed by atoms with E-state index in [4.69, 9.17) is 5.73 Å². The van der Waals surface area contributed by atoms with Gasteiger partial charge in [0.05, 0.1) is 5.69 Å². The molecule has 0 aliphatic heterocycles. The summed E-state index contributed by atoms with van der Waals surface area (Å²) in [5.41, 5.74) is 7.71. The van der Waals surface area contributed by atoms with Crippen molar-refractivity contribution in [1.29, 1.82) is 0 Å². The van der Waals surface area contributed by atoms with Crippen molar-refractivity contribution >= 4 is 17.4 Å². The molecule has 2 nitrogen and oxygen atoms in total. The molecule has 0 fully saturated rings. The van der Waals surface area contributed by atoms with Gasteiger partial charge in [-0.1, -0.05) is 30.0 Å². The van der Waals surface area contributed by atoms with Gasteiger partial charge in [0.15, 0.2) is 0 Å². The zero-order valence-corrected chi connectivity index (χ0v) is 9.29. The van der Waals surface area contributed by atoms with Crippen molar-refractivity contribution in [2.75, 3.05) is 5.73 Å². The molecule has 0 bridgehead atoms. The molecule has 76 valence electrons. The Hall–Kier alpha value is -1.48. The van der Waals surface area contributed by atoms with Crippen LogP contribution in [-0.2, 0) is 0 Å². The van der Waals surface area contributed by atoms with Gasteiger partial charge in [-0.15, -0.1) is 0 Å². The third-order valence-electron chi connectivity index (χ3n) is 1.97. The molecule has 1 aromatic carbocycles. The number of pyridine rings is 1. The first-order valence-corrected chi connectivity index (χ1v) is 5.52. The number of hydrogen-bond donors (Lipinski definition) is 1. The van der Waals surface area contributed by atoms with E-state index in [2.05, 4.69) is 4.98 Å². The summed E-state index contributed by atoms with van der Waals surface area (Å²) in [6.45, 7) is 1.99. The minimum atomic E-state index is 0.740. The van der Waals surface area contributed by atoms with Crippen LogP contribution in [0.1, 0.15) is 5.56 Å². The Kier molecular flexibility index (Phi) is 2.92. The molecule has 0 atom stereocenters. The lowest BCUT2D eigenvalue weighted by molar-refractivity contribution is 1.12. The second kappa shape index (κ2) is 4.36. The fourth-order valence-electron chi connectivity index (χ4n) is 1.26. The first-order chi connectivity index (χ1) is 7.25. The van der Waals surface area contributed by atoms with Crippen molar-refractivity contribution in [3.63, 3.8) is 0 Å². The van der Waals surface area contributed by atoms with Crippen LogP contribution in [0.4, 0.5) is 5.69 Å². The van der Waals surface area contributed by atoms with Crippen LogP contribution < -0.4 is 5.73 Å². The maximum atomic E-state index is 5.89. The molecule has 2 N–H and O–H groups in total. The van der Waals surface area contributed by atoms with Crippen LogP contribution in [0.25, 0.3) is 0 Å². The second-order valence-corrected chi connectivity index (χ2v) is 4.38. The Labute approximate surface area is 93.5 Å². The number of nitrogens with two attached hydrogens (primary N) is 1. The monoisotopic (exact) mass is 216 g/mol. The Morgan fingerprint density at radius 2 is 1.93 bits per heavy atom. The van der Waals surface area contributed by atoms with E-state index in [0.717, 1.165) is 21.2 Å². The lowest BCUT2D eigenvalue weighted by atomic mass is 10.3. The van der Waals surface area contributed by atoms with E-state index < -0.39 is 0 Å². The Balaban J connectivity index is 2.25. The molecule has 0 aliphatic rings. The molecule has 0 unspecified atom stereocenters. The molecular formula is C12H12N2S. The van der Waals surface area contributed by atoms with E-state index in [1.54, 1.807) is 11.8 Å². The summed E-state index contributed by atoms with van der Waals surface area (Å²) in [5.74, 6) is 0. The number of nitrogen functional groups attached to an aromatic ring is 1. The predicted octanol–water partition coefficient (Wildman–Crippen LogP) is 3.12. The molecular weight excluding hydrogens is 204 g/mol. The minimum absolute atomic E-state index is 0.740. The summed E-state index contributed by atoms with van der Waals surface area (Å²) < 4.78 is 0. The van der Waals surface area contributed by atoms with Crippen LogP contribution in [0.2, 0.25) is 0 Å². The highest BCUT2D eigenvalue weighted by molar-refractivity contribution is 7.99. The van der Waals surface area contributed by atoms with Gasteiger partial charge in [0.25, 0.3) is 0 Å². The van der Waals surface area contributed by atoms with E-state index in [9.17, 15) is 0 Å². The number of aryl methyl sites for hydroxylation is 1. The minimum Gasteiger partial charge on any atom is -0.397 e. The largest absolute Gasteiger partial charge is 0.397 e. The quantitative estimate of drug-likeness (QED) is 0.838. The highest BCUT2D eigenvalue weighted by Crippen LogP contribution is 2.29. The molecule has 2 aromatic rings. The third kappa shape index (κ3) is 2.50. The smallest absolute Gasteiger partial charge is 0.124 e. The van der Waals surface area contributed by atoms with Gasteiger partial charge in [-0.2, -0.15) is 0 Å². The van der Waals surface area contributed by atoms with Crippen LogP contribution in [0.3, 0.4) is 0 Å². The number of benzene rings is 1. The standard InChI is InChI=1S/C12H12N2S/c1-9-7-11(13)12(14-8-9)15-10-5-3-2-4-6-10/h2-8H,13H2,1H3.